The van der Waals surface area contributed by atoms with Gasteiger partial charge in [-0.25, -0.2) is 13.1 Å². The second kappa shape index (κ2) is 5.35. The minimum Gasteiger partial charge on any atom is -0.481 e. The maximum absolute atomic E-state index is 11.8. The summed E-state index contributed by atoms with van der Waals surface area (Å²) in [6.07, 6.45) is 2.62. The van der Waals surface area contributed by atoms with Gasteiger partial charge in [0.1, 0.15) is 0 Å². The molecule has 0 bridgehead atoms. The van der Waals surface area contributed by atoms with Gasteiger partial charge >= 0.3 is 5.97 Å². The molecule has 1 aliphatic carbocycles. The highest BCUT2D eigenvalue weighted by Crippen LogP contribution is 2.35. The van der Waals surface area contributed by atoms with E-state index in [9.17, 15) is 13.2 Å². The van der Waals surface area contributed by atoms with E-state index in [4.69, 9.17) is 5.11 Å². The Labute approximate surface area is 103 Å². The SMILES string of the molecule is CC(C)CCS(=O)(=O)NC1(CC(=O)O)CCC1. The predicted molar refractivity (Wildman–Crippen MR) is 65.2 cm³/mol. The van der Waals surface area contributed by atoms with Gasteiger partial charge in [0.05, 0.1) is 12.2 Å². The van der Waals surface area contributed by atoms with Gasteiger partial charge in [-0.05, 0) is 31.6 Å². The number of nitrogens with one attached hydrogen (secondary N) is 1. The highest BCUT2D eigenvalue weighted by atomic mass is 32.2. The highest BCUT2D eigenvalue weighted by molar-refractivity contribution is 7.89. The number of rotatable bonds is 7. The van der Waals surface area contributed by atoms with Crippen molar-refractivity contribution in [2.24, 2.45) is 5.92 Å². The maximum atomic E-state index is 11.8. The topological polar surface area (TPSA) is 83.5 Å². The highest BCUT2D eigenvalue weighted by Gasteiger charge is 2.41. The van der Waals surface area contributed by atoms with Gasteiger partial charge in [-0.3, -0.25) is 4.79 Å². The van der Waals surface area contributed by atoms with E-state index in [1.807, 2.05) is 13.8 Å². The molecule has 0 spiro atoms. The Balaban J connectivity index is 2.58. The number of sulfonamides is 1. The molecule has 17 heavy (non-hydrogen) atoms. The summed E-state index contributed by atoms with van der Waals surface area (Å²) in [5.41, 5.74) is -0.721. The first kappa shape index (κ1) is 14.4. The van der Waals surface area contributed by atoms with Crippen molar-refractivity contribution < 1.29 is 18.3 Å². The van der Waals surface area contributed by atoms with Crippen molar-refractivity contribution in [2.75, 3.05) is 5.75 Å². The first-order valence-electron chi connectivity index (χ1n) is 5.98. The summed E-state index contributed by atoms with van der Waals surface area (Å²) in [5.74, 6) is -0.550. The molecule has 1 saturated carbocycles. The van der Waals surface area contributed by atoms with Gasteiger partial charge in [0, 0.05) is 5.54 Å². The van der Waals surface area contributed by atoms with E-state index < -0.39 is 21.5 Å². The Bertz CT molecular complexity index is 371. The number of carboxylic acids is 1. The minimum absolute atomic E-state index is 0.0754. The van der Waals surface area contributed by atoms with Gasteiger partial charge in [0.25, 0.3) is 0 Å². The second-order valence-corrected chi connectivity index (χ2v) is 7.15. The fraction of sp³-hybridized carbons (Fsp3) is 0.909. The molecule has 0 amide bonds. The van der Waals surface area contributed by atoms with Crippen molar-refractivity contribution in [3.8, 4) is 0 Å². The molecule has 1 aliphatic rings. The van der Waals surface area contributed by atoms with Crippen molar-refractivity contribution >= 4 is 16.0 Å². The number of aliphatic carboxylic acids is 1. The molecular formula is C11H21NO4S. The quantitative estimate of drug-likeness (QED) is 0.726. The molecule has 0 saturated heterocycles. The van der Waals surface area contributed by atoms with Crippen LogP contribution in [-0.4, -0.2) is 30.8 Å². The largest absolute Gasteiger partial charge is 0.481 e. The Morgan fingerprint density at radius 3 is 2.35 bits per heavy atom. The van der Waals surface area contributed by atoms with Crippen LogP contribution < -0.4 is 4.72 Å². The summed E-state index contributed by atoms with van der Waals surface area (Å²) in [6.45, 7) is 3.93. The molecule has 0 aromatic heterocycles. The zero-order valence-corrected chi connectivity index (χ0v) is 11.2. The fourth-order valence-electron chi connectivity index (χ4n) is 1.98. The third-order valence-corrected chi connectivity index (χ3v) is 4.65. The Kier molecular flexibility index (Phi) is 4.55. The molecule has 0 atom stereocenters. The number of hydrogen-bond acceptors (Lipinski definition) is 3. The van der Waals surface area contributed by atoms with E-state index >= 15 is 0 Å². The van der Waals surface area contributed by atoms with Gasteiger partial charge in [-0.2, -0.15) is 0 Å². The van der Waals surface area contributed by atoms with Crippen molar-refractivity contribution in [3.05, 3.63) is 0 Å². The lowest BCUT2D eigenvalue weighted by Gasteiger charge is -2.41. The number of carbonyl (C=O) groups is 1. The Morgan fingerprint density at radius 2 is 2.00 bits per heavy atom. The van der Waals surface area contributed by atoms with Crippen LogP contribution in [0.15, 0.2) is 0 Å². The molecule has 5 nitrogen and oxygen atoms in total. The van der Waals surface area contributed by atoms with E-state index in [0.29, 0.717) is 25.2 Å². The van der Waals surface area contributed by atoms with E-state index in [1.54, 1.807) is 0 Å². The summed E-state index contributed by atoms with van der Waals surface area (Å²) < 4.78 is 26.2. The first-order valence-corrected chi connectivity index (χ1v) is 7.63. The minimum atomic E-state index is -3.35. The third-order valence-electron chi connectivity index (χ3n) is 3.14. The van der Waals surface area contributed by atoms with Crippen LogP contribution in [0, 0.1) is 5.92 Å². The molecule has 0 aromatic carbocycles. The summed E-state index contributed by atoms with van der Waals surface area (Å²) >= 11 is 0. The van der Waals surface area contributed by atoms with Gasteiger partial charge in [0.2, 0.25) is 10.0 Å². The smallest absolute Gasteiger partial charge is 0.305 e. The Hall–Kier alpha value is -0.620. The third kappa shape index (κ3) is 4.63. The molecule has 0 aromatic rings. The molecule has 2 N–H and O–H groups in total. The van der Waals surface area contributed by atoms with Crippen LogP contribution in [0.3, 0.4) is 0 Å². The van der Waals surface area contributed by atoms with Crippen molar-refractivity contribution in [2.45, 2.75) is 51.5 Å². The van der Waals surface area contributed by atoms with Gasteiger partial charge in [-0.15, -0.1) is 0 Å². The van der Waals surface area contributed by atoms with E-state index in [2.05, 4.69) is 4.72 Å². The average Bonchev–Trinajstić information content (AvgIpc) is 2.10. The summed E-state index contributed by atoms with van der Waals surface area (Å²) in [4.78, 5) is 10.7. The zero-order valence-electron chi connectivity index (χ0n) is 10.4. The van der Waals surface area contributed by atoms with Crippen LogP contribution in [0.5, 0.6) is 0 Å². The van der Waals surface area contributed by atoms with Gasteiger partial charge < -0.3 is 5.11 Å². The van der Waals surface area contributed by atoms with Crippen LogP contribution in [0.2, 0.25) is 0 Å². The average molecular weight is 263 g/mol. The van der Waals surface area contributed by atoms with Gasteiger partial charge in [0.15, 0.2) is 0 Å². The lowest BCUT2D eigenvalue weighted by atomic mass is 9.75. The molecule has 0 aliphatic heterocycles. The number of hydrogen-bond donors (Lipinski definition) is 2. The molecule has 1 fully saturated rings. The number of carboxylic acid groups (broad SMARTS) is 1. The van der Waals surface area contributed by atoms with E-state index in [1.165, 1.54) is 0 Å². The standard InChI is InChI=1S/C11H21NO4S/c1-9(2)4-7-17(15,16)12-11(5-3-6-11)8-10(13)14/h9,12H,3-8H2,1-2H3,(H,13,14). The molecule has 1 rings (SSSR count). The summed E-state index contributed by atoms with van der Waals surface area (Å²) in [5, 5.41) is 8.79. The van der Waals surface area contributed by atoms with Gasteiger partial charge in [-0.1, -0.05) is 13.8 Å². The van der Waals surface area contributed by atoms with Crippen LogP contribution >= 0.6 is 0 Å². The molecule has 100 valence electrons. The fourth-order valence-corrected chi connectivity index (χ4v) is 3.80. The molecule has 0 unspecified atom stereocenters. The van der Waals surface area contributed by atoms with E-state index in [0.717, 1.165) is 6.42 Å². The van der Waals surface area contributed by atoms with Crippen LogP contribution in [0.25, 0.3) is 0 Å². The van der Waals surface area contributed by atoms with Crippen molar-refractivity contribution in [1.82, 2.24) is 4.72 Å². The Morgan fingerprint density at radius 1 is 1.41 bits per heavy atom. The normalized spacial score (nSPS) is 19.0. The van der Waals surface area contributed by atoms with Crippen LogP contribution in [-0.2, 0) is 14.8 Å². The second-order valence-electron chi connectivity index (χ2n) is 5.31. The molecule has 0 heterocycles. The molecular weight excluding hydrogens is 242 g/mol. The zero-order chi connectivity index (χ0) is 13.1. The van der Waals surface area contributed by atoms with Crippen molar-refractivity contribution in [1.29, 1.82) is 0 Å². The summed E-state index contributed by atoms with van der Waals surface area (Å²) in [7, 11) is -3.35. The predicted octanol–water partition coefficient (Wildman–Crippen LogP) is 1.35. The molecule has 0 radical (unpaired) electrons. The van der Waals surface area contributed by atoms with E-state index in [-0.39, 0.29) is 12.2 Å². The summed E-state index contributed by atoms with van der Waals surface area (Å²) in [6, 6.07) is 0. The lowest BCUT2D eigenvalue weighted by molar-refractivity contribution is -0.139. The van der Waals surface area contributed by atoms with Crippen LogP contribution in [0.4, 0.5) is 0 Å². The maximum Gasteiger partial charge on any atom is 0.305 e. The molecule has 6 heteroatoms. The van der Waals surface area contributed by atoms with Crippen LogP contribution in [0.1, 0.15) is 46.0 Å². The van der Waals surface area contributed by atoms with Crippen molar-refractivity contribution in [3.63, 3.8) is 0 Å². The monoisotopic (exact) mass is 263 g/mol. The first-order chi connectivity index (χ1) is 7.75. The lowest BCUT2D eigenvalue weighted by Crippen LogP contribution is -2.55.